The molecule has 3 N–H and O–H groups in total. The summed E-state index contributed by atoms with van der Waals surface area (Å²) in [4.78, 5) is 26.2. The van der Waals surface area contributed by atoms with Crippen LogP contribution in [0.25, 0.3) is 0 Å². The minimum Gasteiger partial charge on any atom is -0.495 e. The van der Waals surface area contributed by atoms with E-state index in [0.29, 0.717) is 41.1 Å². The first-order chi connectivity index (χ1) is 13.9. The zero-order chi connectivity index (χ0) is 20.8. The molecule has 29 heavy (non-hydrogen) atoms. The molecule has 154 valence electrons. The van der Waals surface area contributed by atoms with Crippen LogP contribution < -0.4 is 20.3 Å². The van der Waals surface area contributed by atoms with Crippen LogP contribution in [0.15, 0.2) is 48.5 Å². The van der Waals surface area contributed by atoms with E-state index in [1.165, 1.54) is 11.3 Å². The molecule has 0 aliphatic carbocycles. The fourth-order valence-electron chi connectivity index (χ4n) is 4.15. The Hall–Kier alpha value is -2.86. The summed E-state index contributed by atoms with van der Waals surface area (Å²) < 4.78 is 5.26. The maximum absolute atomic E-state index is 12.5. The molecule has 3 rings (SSSR count). The Labute approximate surface area is 172 Å². The number of methoxy groups -OCH3 is 1. The van der Waals surface area contributed by atoms with Crippen molar-refractivity contribution in [3.63, 3.8) is 0 Å². The molecule has 1 saturated heterocycles. The third-order valence-electron chi connectivity index (χ3n) is 5.28. The SMILES string of the molecule is COc1ccccc1NC(=O)c1ccc(NC(=O)C[NH+]2C[C@@H](C)C[C@H](C)C2)cc1. The number of para-hydroxylation sites is 2. The van der Waals surface area contributed by atoms with E-state index in [4.69, 9.17) is 4.74 Å². The molecule has 1 aliphatic heterocycles. The molecule has 0 spiro atoms. The second kappa shape index (κ2) is 9.56. The number of amides is 2. The largest absolute Gasteiger partial charge is 0.495 e. The summed E-state index contributed by atoms with van der Waals surface area (Å²) in [6.45, 7) is 7.06. The molecule has 1 aliphatic rings. The molecule has 0 aromatic heterocycles. The van der Waals surface area contributed by atoms with Gasteiger partial charge in [0.15, 0.2) is 6.54 Å². The lowest BCUT2D eigenvalue weighted by Crippen LogP contribution is -3.15. The molecule has 6 heteroatoms. The molecule has 1 heterocycles. The van der Waals surface area contributed by atoms with Crippen molar-refractivity contribution in [2.24, 2.45) is 11.8 Å². The van der Waals surface area contributed by atoms with E-state index in [9.17, 15) is 9.59 Å². The maximum Gasteiger partial charge on any atom is 0.279 e. The summed E-state index contributed by atoms with van der Waals surface area (Å²) in [7, 11) is 1.56. The number of anilines is 2. The lowest BCUT2D eigenvalue weighted by Gasteiger charge is -2.31. The average Bonchev–Trinajstić information content (AvgIpc) is 2.68. The van der Waals surface area contributed by atoms with Crippen LogP contribution in [0.1, 0.15) is 30.6 Å². The van der Waals surface area contributed by atoms with Gasteiger partial charge in [0.1, 0.15) is 5.75 Å². The van der Waals surface area contributed by atoms with Gasteiger partial charge in [-0.05, 0) is 42.8 Å². The van der Waals surface area contributed by atoms with Gasteiger partial charge in [0.2, 0.25) is 0 Å². The van der Waals surface area contributed by atoms with E-state index in [1.54, 1.807) is 43.5 Å². The second-order valence-electron chi connectivity index (χ2n) is 8.06. The molecular weight excluding hydrogens is 366 g/mol. The minimum absolute atomic E-state index is 0.00697. The smallest absolute Gasteiger partial charge is 0.279 e. The summed E-state index contributed by atoms with van der Waals surface area (Å²) in [6, 6.07) is 14.2. The predicted octanol–water partition coefficient (Wildman–Crippen LogP) is 2.45. The topological polar surface area (TPSA) is 71.9 Å². The number of piperidine rings is 1. The van der Waals surface area contributed by atoms with Crippen molar-refractivity contribution in [2.45, 2.75) is 20.3 Å². The first-order valence-electron chi connectivity index (χ1n) is 10.1. The van der Waals surface area contributed by atoms with Crippen molar-refractivity contribution < 1.29 is 19.2 Å². The highest BCUT2D eigenvalue weighted by atomic mass is 16.5. The Morgan fingerprint density at radius 2 is 1.66 bits per heavy atom. The van der Waals surface area contributed by atoms with Gasteiger partial charge in [-0.2, -0.15) is 0 Å². The van der Waals surface area contributed by atoms with Crippen LogP contribution in [0.3, 0.4) is 0 Å². The predicted molar refractivity (Wildman–Crippen MR) is 115 cm³/mol. The number of hydrogen-bond acceptors (Lipinski definition) is 3. The van der Waals surface area contributed by atoms with Crippen LogP contribution in [-0.2, 0) is 4.79 Å². The zero-order valence-corrected chi connectivity index (χ0v) is 17.3. The van der Waals surface area contributed by atoms with Crippen LogP contribution >= 0.6 is 0 Å². The Bertz CT molecular complexity index is 841. The van der Waals surface area contributed by atoms with Crippen molar-refractivity contribution >= 4 is 23.2 Å². The molecule has 2 aromatic carbocycles. The van der Waals surface area contributed by atoms with Crippen LogP contribution in [0.5, 0.6) is 5.75 Å². The average molecular weight is 397 g/mol. The molecule has 2 amide bonds. The molecule has 2 atom stereocenters. The molecule has 1 fully saturated rings. The fraction of sp³-hybridized carbons (Fsp3) is 0.391. The van der Waals surface area contributed by atoms with Crippen molar-refractivity contribution in [3.05, 3.63) is 54.1 Å². The van der Waals surface area contributed by atoms with E-state index in [-0.39, 0.29) is 11.8 Å². The molecule has 0 saturated carbocycles. The third-order valence-corrected chi connectivity index (χ3v) is 5.28. The number of quaternary nitrogens is 1. The molecular formula is C23H30N3O3+. The Morgan fingerprint density at radius 1 is 1.00 bits per heavy atom. The van der Waals surface area contributed by atoms with Crippen molar-refractivity contribution in [1.82, 2.24) is 0 Å². The number of carbonyl (C=O) groups excluding carboxylic acids is 2. The fourth-order valence-corrected chi connectivity index (χ4v) is 4.15. The van der Waals surface area contributed by atoms with Crippen LogP contribution in [0, 0.1) is 11.8 Å². The number of benzene rings is 2. The minimum atomic E-state index is -0.229. The van der Waals surface area contributed by atoms with Gasteiger partial charge in [-0.3, -0.25) is 9.59 Å². The van der Waals surface area contributed by atoms with Gasteiger partial charge in [-0.1, -0.05) is 26.0 Å². The number of ether oxygens (including phenoxy) is 1. The number of carbonyl (C=O) groups is 2. The lowest BCUT2D eigenvalue weighted by atomic mass is 9.92. The van der Waals surface area contributed by atoms with Gasteiger partial charge in [0.05, 0.1) is 25.9 Å². The molecule has 2 aromatic rings. The summed E-state index contributed by atoms with van der Waals surface area (Å²) in [5, 5.41) is 5.79. The summed E-state index contributed by atoms with van der Waals surface area (Å²) in [6.07, 6.45) is 1.24. The normalized spacial score (nSPS) is 21.3. The molecule has 0 bridgehead atoms. The van der Waals surface area contributed by atoms with E-state index in [2.05, 4.69) is 24.5 Å². The van der Waals surface area contributed by atoms with Crippen molar-refractivity contribution in [1.29, 1.82) is 0 Å². The first-order valence-corrected chi connectivity index (χ1v) is 10.1. The number of nitrogens with one attached hydrogen (secondary N) is 3. The number of rotatable bonds is 6. The van der Waals surface area contributed by atoms with Crippen molar-refractivity contribution in [2.75, 3.05) is 37.4 Å². The van der Waals surface area contributed by atoms with Gasteiger partial charge in [-0.25, -0.2) is 0 Å². The molecule has 0 unspecified atom stereocenters. The van der Waals surface area contributed by atoms with E-state index in [0.717, 1.165) is 13.1 Å². The first kappa shape index (κ1) is 20.9. The highest BCUT2D eigenvalue weighted by Crippen LogP contribution is 2.23. The van der Waals surface area contributed by atoms with Crippen LogP contribution in [-0.4, -0.2) is 38.6 Å². The van der Waals surface area contributed by atoms with Gasteiger partial charge >= 0.3 is 0 Å². The quantitative estimate of drug-likeness (QED) is 0.702. The maximum atomic E-state index is 12.5. The number of likely N-dealkylation sites (tertiary alicyclic amines) is 1. The third kappa shape index (κ3) is 5.81. The summed E-state index contributed by atoms with van der Waals surface area (Å²) in [5.74, 6) is 1.69. The Balaban J connectivity index is 1.55. The Kier molecular flexibility index (Phi) is 6.88. The summed E-state index contributed by atoms with van der Waals surface area (Å²) in [5.41, 5.74) is 1.82. The lowest BCUT2D eigenvalue weighted by molar-refractivity contribution is -0.904. The highest BCUT2D eigenvalue weighted by molar-refractivity contribution is 6.05. The van der Waals surface area contributed by atoms with Crippen LogP contribution in [0.2, 0.25) is 0 Å². The van der Waals surface area contributed by atoms with Gasteiger partial charge in [-0.15, -0.1) is 0 Å². The molecule has 6 nitrogen and oxygen atoms in total. The zero-order valence-electron chi connectivity index (χ0n) is 17.3. The highest BCUT2D eigenvalue weighted by Gasteiger charge is 2.26. The van der Waals surface area contributed by atoms with Gasteiger partial charge in [0, 0.05) is 23.1 Å². The van der Waals surface area contributed by atoms with Gasteiger partial charge < -0.3 is 20.3 Å². The number of hydrogen-bond donors (Lipinski definition) is 3. The van der Waals surface area contributed by atoms with E-state index >= 15 is 0 Å². The standard InChI is InChI=1S/C23H29N3O3/c1-16-12-17(2)14-26(13-16)15-22(27)24-19-10-8-18(9-11-19)23(28)25-20-6-4-5-7-21(20)29-3/h4-11,16-17H,12-15H2,1-3H3,(H,24,27)(H,25,28)/p+1/t16-,17-/m0/s1. The summed E-state index contributed by atoms with van der Waals surface area (Å²) >= 11 is 0. The Morgan fingerprint density at radius 3 is 2.31 bits per heavy atom. The van der Waals surface area contributed by atoms with Crippen LogP contribution in [0.4, 0.5) is 11.4 Å². The van der Waals surface area contributed by atoms with Gasteiger partial charge in [0.25, 0.3) is 11.8 Å². The second-order valence-corrected chi connectivity index (χ2v) is 8.06. The van der Waals surface area contributed by atoms with Crippen molar-refractivity contribution in [3.8, 4) is 5.75 Å². The molecule has 0 radical (unpaired) electrons. The van der Waals surface area contributed by atoms with E-state index < -0.39 is 0 Å². The monoisotopic (exact) mass is 396 g/mol. The van der Waals surface area contributed by atoms with E-state index in [1.807, 2.05) is 12.1 Å².